The molecule has 1 aromatic heterocycles. The Morgan fingerprint density at radius 1 is 0.944 bits per heavy atom. The molecular formula is C16H16N2. The minimum absolute atomic E-state index is 0.638. The molecule has 2 bridgehead atoms. The van der Waals surface area contributed by atoms with Crippen LogP contribution in [0.2, 0.25) is 0 Å². The highest BCUT2D eigenvalue weighted by Crippen LogP contribution is 2.53. The van der Waals surface area contributed by atoms with Gasteiger partial charge in [0.1, 0.15) is 0 Å². The maximum Gasteiger partial charge on any atom is 0.0361 e. The summed E-state index contributed by atoms with van der Waals surface area (Å²) in [6.45, 7) is 1.05. The summed E-state index contributed by atoms with van der Waals surface area (Å²) in [6.07, 6.45) is 6.40. The third-order valence-corrected chi connectivity index (χ3v) is 4.34. The van der Waals surface area contributed by atoms with Crippen LogP contribution in [0, 0.1) is 0 Å². The lowest BCUT2D eigenvalue weighted by Crippen LogP contribution is -2.19. The van der Waals surface area contributed by atoms with Gasteiger partial charge in [-0.15, -0.1) is 0 Å². The topological polar surface area (TPSA) is 16.1 Å². The lowest BCUT2D eigenvalue weighted by molar-refractivity contribution is 0.214. The average Bonchev–Trinajstić information content (AvgIpc) is 2.96. The minimum Gasteiger partial charge on any atom is -0.285 e. The molecule has 3 heterocycles. The molecule has 2 aliphatic rings. The zero-order valence-corrected chi connectivity index (χ0v) is 10.3. The Bertz CT molecular complexity index is 533. The van der Waals surface area contributed by atoms with E-state index in [1.54, 1.807) is 11.1 Å². The third kappa shape index (κ3) is 1.42. The van der Waals surface area contributed by atoms with Crippen molar-refractivity contribution in [2.45, 2.75) is 31.5 Å². The summed E-state index contributed by atoms with van der Waals surface area (Å²) in [5.74, 6) is 0. The maximum absolute atomic E-state index is 4.09. The number of benzene rings is 1. The van der Waals surface area contributed by atoms with Crippen molar-refractivity contribution < 1.29 is 0 Å². The van der Waals surface area contributed by atoms with Crippen molar-refractivity contribution in [1.29, 1.82) is 0 Å². The van der Waals surface area contributed by atoms with Crippen LogP contribution in [0.25, 0.3) is 0 Å². The fourth-order valence-corrected chi connectivity index (χ4v) is 3.57. The van der Waals surface area contributed by atoms with E-state index in [9.17, 15) is 0 Å². The van der Waals surface area contributed by atoms with Crippen LogP contribution in [0.4, 0.5) is 0 Å². The molecule has 0 radical (unpaired) electrons. The van der Waals surface area contributed by atoms with E-state index < -0.39 is 0 Å². The molecule has 4 rings (SSSR count). The van der Waals surface area contributed by atoms with Gasteiger partial charge < -0.3 is 0 Å². The monoisotopic (exact) mass is 236 g/mol. The highest BCUT2D eigenvalue weighted by Gasteiger charge is 2.43. The molecule has 18 heavy (non-hydrogen) atoms. The van der Waals surface area contributed by atoms with Gasteiger partial charge in [0.25, 0.3) is 0 Å². The van der Waals surface area contributed by atoms with Gasteiger partial charge in [0.15, 0.2) is 0 Å². The predicted molar refractivity (Wildman–Crippen MR) is 70.9 cm³/mol. The molecular weight excluding hydrogens is 220 g/mol. The first-order valence-corrected chi connectivity index (χ1v) is 6.67. The van der Waals surface area contributed by atoms with Crippen molar-refractivity contribution in [3.63, 3.8) is 0 Å². The Hall–Kier alpha value is -1.67. The average molecular weight is 236 g/mol. The predicted octanol–water partition coefficient (Wildman–Crippen LogP) is 3.47. The molecule has 0 saturated carbocycles. The Labute approximate surface area is 107 Å². The minimum atomic E-state index is 0.638. The molecule has 2 nitrogen and oxygen atoms in total. The van der Waals surface area contributed by atoms with Crippen LogP contribution < -0.4 is 0 Å². The van der Waals surface area contributed by atoms with E-state index in [-0.39, 0.29) is 0 Å². The second kappa shape index (κ2) is 3.92. The van der Waals surface area contributed by atoms with Crippen molar-refractivity contribution in [3.05, 3.63) is 65.5 Å². The highest BCUT2D eigenvalue weighted by molar-refractivity contribution is 5.40. The van der Waals surface area contributed by atoms with Gasteiger partial charge in [-0.3, -0.25) is 9.88 Å². The van der Waals surface area contributed by atoms with Gasteiger partial charge in [0.05, 0.1) is 0 Å². The summed E-state index contributed by atoms with van der Waals surface area (Å²) < 4.78 is 0. The van der Waals surface area contributed by atoms with Crippen LogP contribution in [-0.2, 0) is 6.54 Å². The summed E-state index contributed by atoms with van der Waals surface area (Å²) in [5, 5.41) is 0. The first-order chi connectivity index (χ1) is 8.93. The molecule has 1 saturated heterocycles. The van der Waals surface area contributed by atoms with Crippen LogP contribution in [-0.4, -0.2) is 9.88 Å². The fraction of sp³-hybridized carbons (Fsp3) is 0.312. The van der Waals surface area contributed by atoms with E-state index in [0.717, 1.165) is 6.54 Å². The third-order valence-electron chi connectivity index (χ3n) is 4.34. The van der Waals surface area contributed by atoms with Crippen LogP contribution >= 0.6 is 0 Å². The molecule has 2 heteroatoms. The summed E-state index contributed by atoms with van der Waals surface area (Å²) in [4.78, 5) is 6.75. The van der Waals surface area contributed by atoms with Gasteiger partial charge >= 0.3 is 0 Å². The Morgan fingerprint density at radius 3 is 2.17 bits per heavy atom. The summed E-state index contributed by atoms with van der Waals surface area (Å²) in [5.41, 5.74) is 4.49. The van der Waals surface area contributed by atoms with Crippen LogP contribution in [0.3, 0.4) is 0 Å². The molecule has 0 spiro atoms. The Morgan fingerprint density at radius 2 is 1.56 bits per heavy atom. The van der Waals surface area contributed by atoms with E-state index in [1.165, 1.54) is 18.4 Å². The quantitative estimate of drug-likeness (QED) is 0.793. The molecule has 2 atom stereocenters. The van der Waals surface area contributed by atoms with Crippen molar-refractivity contribution in [3.8, 4) is 0 Å². The van der Waals surface area contributed by atoms with Crippen LogP contribution in [0.1, 0.15) is 41.6 Å². The van der Waals surface area contributed by atoms with Crippen molar-refractivity contribution in [2.24, 2.45) is 0 Å². The Balaban J connectivity index is 1.66. The number of hydrogen-bond donors (Lipinski definition) is 0. The van der Waals surface area contributed by atoms with Crippen molar-refractivity contribution in [1.82, 2.24) is 9.88 Å². The van der Waals surface area contributed by atoms with Crippen molar-refractivity contribution >= 4 is 0 Å². The van der Waals surface area contributed by atoms with E-state index in [4.69, 9.17) is 0 Å². The lowest BCUT2D eigenvalue weighted by Gasteiger charge is -2.21. The van der Waals surface area contributed by atoms with Crippen LogP contribution in [0.15, 0.2) is 48.8 Å². The largest absolute Gasteiger partial charge is 0.285 e. The first-order valence-electron chi connectivity index (χ1n) is 6.67. The lowest BCUT2D eigenvalue weighted by atomic mass is 9.92. The molecule has 2 unspecified atom stereocenters. The molecule has 1 fully saturated rings. The summed E-state index contributed by atoms with van der Waals surface area (Å²) in [7, 11) is 0. The van der Waals surface area contributed by atoms with Gasteiger partial charge in [-0.25, -0.2) is 0 Å². The standard InChI is InChI=1S/C16H16N2/c1-2-4-14-13(3-1)15-5-6-16(14)18(15)11-12-7-9-17-10-8-12/h1-4,7-10,15-16H,5-6,11H2. The summed E-state index contributed by atoms with van der Waals surface area (Å²) in [6, 6.07) is 14.5. The molecule has 2 aromatic rings. The van der Waals surface area contributed by atoms with Crippen LogP contribution in [0.5, 0.6) is 0 Å². The number of nitrogens with zero attached hydrogens (tertiary/aromatic N) is 2. The van der Waals surface area contributed by atoms with Crippen molar-refractivity contribution in [2.75, 3.05) is 0 Å². The highest BCUT2D eigenvalue weighted by atomic mass is 15.2. The van der Waals surface area contributed by atoms with E-state index in [2.05, 4.69) is 46.3 Å². The van der Waals surface area contributed by atoms with E-state index in [0.29, 0.717) is 12.1 Å². The zero-order valence-electron chi connectivity index (χ0n) is 10.3. The number of pyridine rings is 1. The van der Waals surface area contributed by atoms with Gasteiger partial charge in [0, 0.05) is 31.0 Å². The molecule has 2 aliphatic heterocycles. The maximum atomic E-state index is 4.09. The van der Waals surface area contributed by atoms with E-state index in [1.807, 2.05) is 12.4 Å². The molecule has 0 amide bonds. The second-order valence-electron chi connectivity index (χ2n) is 5.27. The molecule has 0 aliphatic carbocycles. The fourth-order valence-electron chi connectivity index (χ4n) is 3.57. The smallest absolute Gasteiger partial charge is 0.0361 e. The number of rotatable bonds is 2. The molecule has 90 valence electrons. The second-order valence-corrected chi connectivity index (χ2v) is 5.27. The Kier molecular flexibility index (Phi) is 2.24. The first kappa shape index (κ1) is 10.3. The van der Waals surface area contributed by atoms with Gasteiger partial charge in [-0.05, 0) is 41.7 Å². The van der Waals surface area contributed by atoms with Gasteiger partial charge in [-0.1, -0.05) is 24.3 Å². The zero-order chi connectivity index (χ0) is 11.9. The van der Waals surface area contributed by atoms with Gasteiger partial charge in [-0.2, -0.15) is 0 Å². The summed E-state index contributed by atoms with van der Waals surface area (Å²) >= 11 is 0. The number of hydrogen-bond acceptors (Lipinski definition) is 2. The van der Waals surface area contributed by atoms with Gasteiger partial charge in [0.2, 0.25) is 0 Å². The molecule has 0 N–H and O–H groups in total. The number of aromatic nitrogens is 1. The van der Waals surface area contributed by atoms with E-state index >= 15 is 0 Å². The molecule has 1 aromatic carbocycles. The SMILES string of the molecule is c1ccc2c(c1)C1CCC2N1Cc1ccncc1. The normalized spacial score (nSPS) is 25.3. The number of fused-ring (bicyclic) bond motifs is 5.